The van der Waals surface area contributed by atoms with Gasteiger partial charge in [0.1, 0.15) is 0 Å². The van der Waals surface area contributed by atoms with E-state index in [2.05, 4.69) is 131 Å². The van der Waals surface area contributed by atoms with Gasteiger partial charge in [0.15, 0.2) is 23.2 Å². The number of rotatable bonds is 5. The Hall–Kier alpha value is -5.20. The number of anilines is 3. The second-order valence-electron chi connectivity index (χ2n) is 14.9. The highest BCUT2D eigenvalue weighted by Gasteiger charge is 2.34. The number of allylic oxidation sites excluding steroid dienone is 1. The zero-order chi connectivity index (χ0) is 35.5. The minimum Gasteiger partial charge on any atom is -0.310 e. The van der Waals surface area contributed by atoms with Gasteiger partial charge in [-0.25, -0.2) is 8.78 Å². The first-order chi connectivity index (χ1) is 23.7. The molecule has 0 N–H and O–H groups in total. The number of nitrogens with zero attached hydrogens (tertiary/aromatic N) is 1. The predicted molar refractivity (Wildman–Crippen MR) is 202 cm³/mol. The zero-order valence-electron chi connectivity index (χ0n) is 28.9. The van der Waals surface area contributed by atoms with Gasteiger partial charge in [-0.2, -0.15) is 0 Å². The number of fused-ring (bicyclic) bond motifs is 2. The monoisotopic (exact) mass is 681 g/mol. The van der Waals surface area contributed by atoms with Gasteiger partial charge in [-0.05, 0) is 111 Å². The number of carbonyl (C=O) groups is 2. The Morgan fingerprint density at radius 2 is 1.04 bits per heavy atom. The van der Waals surface area contributed by atoms with Crippen LogP contribution in [0.3, 0.4) is 0 Å². The van der Waals surface area contributed by atoms with Crippen LogP contribution in [0.1, 0.15) is 78.3 Å². The Bertz CT molecular complexity index is 2240. The van der Waals surface area contributed by atoms with Crippen molar-refractivity contribution >= 4 is 56.8 Å². The third-order valence-corrected chi connectivity index (χ3v) is 10.4. The Morgan fingerprint density at radius 3 is 1.56 bits per heavy atom. The van der Waals surface area contributed by atoms with E-state index in [4.69, 9.17) is 0 Å². The number of halogens is 2. The SMILES string of the molecule is CC(C)(C)c1ccc(N(c2ccc(C(C)(C)C)cc2)c2ccc3cc(-c4ccc(C=C5C(=O)c6cc(F)c(F)cc6C5=O)s4)ccc3c2)cc1. The fourth-order valence-electron chi connectivity index (χ4n) is 6.37. The second kappa shape index (κ2) is 12.3. The van der Waals surface area contributed by atoms with E-state index in [9.17, 15) is 18.4 Å². The molecule has 6 aromatic rings. The van der Waals surface area contributed by atoms with Crippen molar-refractivity contribution in [2.24, 2.45) is 0 Å². The lowest BCUT2D eigenvalue weighted by atomic mass is 9.86. The van der Waals surface area contributed by atoms with Gasteiger partial charge in [-0.1, -0.05) is 84.0 Å². The maximum Gasteiger partial charge on any atom is 0.197 e. The lowest BCUT2D eigenvalue weighted by Gasteiger charge is -2.28. The molecule has 0 atom stereocenters. The number of hydrogen-bond acceptors (Lipinski definition) is 4. The summed E-state index contributed by atoms with van der Waals surface area (Å²) in [7, 11) is 0. The average molecular weight is 682 g/mol. The first kappa shape index (κ1) is 33.3. The van der Waals surface area contributed by atoms with E-state index in [1.807, 2.05) is 12.1 Å². The van der Waals surface area contributed by atoms with E-state index in [0.717, 1.165) is 50.4 Å². The molecule has 3 nitrogen and oxygen atoms in total. The average Bonchev–Trinajstić information content (AvgIpc) is 3.63. The third kappa shape index (κ3) is 6.20. The lowest BCUT2D eigenvalue weighted by Crippen LogP contribution is -2.14. The van der Waals surface area contributed by atoms with Crippen LogP contribution in [0.4, 0.5) is 25.8 Å². The number of benzene rings is 5. The van der Waals surface area contributed by atoms with E-state index in [1.165, 1.54) is 28.5 Å². The Kier molecular flexibility index (Phi) is 8.19. The maximum absolute atomic E-state index is 13.8. The molecule has 7 rings (SSSR count). The summed E-state index contributed by atoms with van der Waals surface area (Å²) in [5.41, 5.74) is 6.58. The Balaban J connectivity index is 1.20. The van der Waals surface area contributed by atoms with E-state index >= 15 is 0 Å². The van der Waals surface area contributed by atoms with Gasteiger partial charge < -0.3 is 4.90 Å². The fourth-order valence-corrected chi connectivity index (χ4v) is 7.32. The number of carbonyl (C=O) groups excluding carboxylic acids is 2. The smallest absolute Gasteiger partial charge is 0.197 e. The van der Waals surface area contributed by atoms with Crippen molar-refractivity contribution in [1.29, 1.82) is 0 Å². The van der Waals surface area contributed by atoms with Crippen molar-refractivity contribution in [1.82, 2.24) is 0 Å². The fraction of sp³-hybridized carbons (Fsp3) is 0.182. The summed E-state index contributed by atoms with van der Waals surface area (Å²) >= 11 is 1.44. The van der Waals surface area contributed by atoms with Crippen molar-refractivity contribution < 1.29 is 18.4 Å². The molecule has 1 aromatic heterocycles. The van der Waals surface area contributed by atoms with Crippen LogP contribution in [0.25, 0.3) is 27.3 Å². The van der Waals surface area contributed by atoms with Crippen LogP contribution in [0, 0.1) is 11.6 Å². The molecule has 0 spiro atoms. The summed E-state index contributed by atoms with van der Waals surface area (Å²) < 4.78 is 27.6. The Labute approximate surface area is 295 Å². The molecule has 0 radical (unpaired) electrons. The van der Waals surface area contributed by atoms with Crippen LogP contribution >= 0.6 is 11.3 Å². The highest BCUT2D eigenvalue weighted by atomic mass is 32.1. The summed E-state index contributed by atoms with van der Waals surface area (Å²) in [5.74, 6) is -3.48. The van der Waals surface area contributed by atoms with Gasteiger partial charge in [0.05, 0.1) is 5.57 Å². The molecule has 0 unspecified atom stereocenters. The van der Waals surface area contributed by atoms with E-state index in [1.54, 1.807) is 0 Å². The molecule has 1 heterocycles. The van der Waals surface area contributed by atoms with Crippen LogP contribution in [0.5, 0.6) is 0 Å². The lowest BCUT2D eigenvalue weighted by molar-refractivity contribution is 0.0990. The first-order valence-corrected chi connectivity index (χ1v) is 17.4. The minimum atomic E-state index is -1.15. The van der Waals surface area contributed by atoms with Crippen LogP contribution in [0.15, 0.2) is 115 Å². The predicted octanol–water partition coefficient (Wildman–Crippen LogP) is 12.4. The van der Waals surface area contributed by atoms with Crippen molar-refractivity contribution in [2.45, 2.75) is 52.4 Å². The van der Waals surface area contributed by atoms with Gasteiger partial charge in [-0.3, -0.25) is 9.59 Å². The molecule has 0 fully saturated rings. The standard InChI is InChI=1S/C44H37F2NO2S/c1-43(2,3)29-10-15-31(16-11-29)47(32-17-12-30(13-18-32)44(4,5)6)33-14-9-26-21-28(8-7-27(26)22-33)40-20-19-34(50-40)23-37-41(48)35-24-38(45)39(46)25-36(35)42(37)49/h7-25H,1-6H3. The highest BCUT2D eigenvalue weighted by Crippen LogP contribution is 2.40. The molecule has 1 aliphatic rings. The Morgan fingerprint density at radius 1 is 0.560 bits per heavy atom. The molecule has 6 heteroatoms. The van der Waals surface area contributed by atoms with Crippen LogP contribution in [-0.4, -0.2) is 11.6 Å². The van der Waals surface area contributed by atoms with Crippen molar-refractivity contribution in [3.8, 4) is 10.4 Å². The first-order valence-electron chi connectivity index (χ1n) is 16.6. The number of hydrogen-bond donors (Lipinski definition) is 0. The van der Waals surface area contributed by atoms with Gasteiger partial charge in [0.25, 0.3) is 0 Å². The van der Waals surface area contributed by atoms with Gasteiger partial charge in [-0.15, -0.1) is 11.3 Å². The highest BCUT2D eigenvalue weighted by molar-refractivity contribution is 7.16. The molecular formula is C44H37F2NO2S. The minimum absolute atomic E-state index is 0.0528. The second-order valence-corrected chi connectivity index (χ2v) is 16.0. The molecular weight excluding hydrogens is 645 g/mol. The quantitative estimate of drug-likeness (QED) is 0.134. The maximum atomic E-state index is 13.8. The topological polar surface area (TPSA) is 37.4 Å². The van der Waals surface area contributed by atoms with Crippen LogP contribution in [-0.2, 0) is 10.8 Å². The van der Waals surface area contributed by atoms with Crippen molar-refractivity contribution in [2.75, 3.05) is 4.90 Å². The van der Waals surface area contributed by atoms with E-state index in [-0.39, 0.29) is 27.5 Å². The number of thiophene rings is 1. The molecule has 50 heavy (non-hydrogen) atoms. The molecule has 0 bridgehead atoms. The summed E-state index contributed by atoms with van der Waals surface area (Å²) in [6, 6.07) is 35.8. The molecule has 0 saturated carbocycles. The summed E-state index contributed by atoms with van der Waals surface area (Å²) in [6.45, 7) is 13.3. The third-order valence-electron chi connectivity index (χ3n) is 9.30. The van der Waals surface area contributed by atoms with E-state index < -0.39 is 23.2 Å². The molecule has 0 aliphatic heterocycles. The normalized spacial score (nSPS) is 13.2. The largest absolute Gasteiger partial charge is 0.310 e. The summed E-state index contributed by atoms with van der Waals surface area (Å²) in [4.78, 5) is 29.7. The number of ketones is 2. The molecule has 250 valence electrons. The summed E-state index contributed by atoms with van der Waals surface area (Å²) in [5, 5.41) is 2.17. The van der Waals surface area contributed by atoms with E-state index in [0.29, 0.717) is 4.88 Å². The summed E-state index contributed by atoms with van der Waals surface area (Å²) in [6.07, 6.45) is 1.51. The number of Topliss-reactive ketones (excluding diaryl/α,β-unsaturated/α-hetero) is 2. The van der Waals surface area contributed by atoms with Crippen molar-refractivity contribution in [3.63, 3.8) is 0 Å². The molecule has 5 aromatic carbocycles. The van der Waals surface area contributed by atoms with Gasteiger partial charge in [0.2, 0.25) is 0 Å². The van der Waals surface area contributed by atoms with Crippen LogP contribution in [0.2, 0.25) is 0 Å². The van der Waals surface area contributed by atoms with Crippen molar-refractivity contribution in [3.05, 3.63) is 154 Å². The zero-order valence-corrected chi connectivity index (χ0v) is 29.7. The molecule has 0 saturated heterocycles. The molecule has 0 amide bonds. The van der Waals surface area contributed by atoms with Gasteiger partial charge >= 0.3 is 0 Å². The van der Waals surface area contributed by atoms with Gasteiger partial charge in [0, 0.05) is 37.9 Å². The van der Waals surface area contributed by atoms with Crippen LogP contribution < -0.4 is 4.90 Å². The molecule has 1 aliphatic carbocycles.